The number of alkyl halides is 1. The highest BCUT2D eigenvalue weighted by molar-refractivity contribution is 6.31. The smallest absolute Gasteiger partial charge is 0.277 e. The summed E-state index contributed by atoms with van der Waals surface area (Å²) in [6, 6.07) is 9.50. The molecule has 0 radical (unpaired) electrons. The number of rotatable bonds is 5. The summed E-state index contributed by atoms with van der Waals surface area (Å²) in [6.07, 6.45) is 0. The van der Waals surface area contributed by atoms with Gasteiger partial charge in [-0.3, -0.25) is 10.1 Å². The molecule has 0 spiro atoms. The summed E-state index contributed by atoms with van der Waals surface area (Å²) in [7, 11) is 0. The van der Waals surface area contributed by atoms with E-state index in [1.807, 2.05) is 0 Å². The molecule has 0 bridgehead atoms. The van der Waals surface area contributed by atoms with Crippen LogP contribution in [0.2, 0.25) is 10.0 Å². The van der Waals surface area contributed by atoms with E-state index in [1.165, 1.54) is 12.1 Å². The van der Waals surface area contributed by atoms with Gasteiger partial charge in [0.2, 0.25) is 0 Å². The van der Waals surface area contributed by atoms with E-state index < -0.39 is 4.92 Å². The van der Waals surface area contributed by atoms with Crippen LogP contribution in [0, 0.1) is 10.1 Å². The predicted molar refractivity (Wildman–Crippen MR) is 83.4 cm³/mol. The first-order valence-electron chi connectivity index (χ1n) is 5.92. The molecule has 0 saturated carbocycles. The van der Waals surface area contributed by atoms with Crippen LogP contribution in [0.25, 0.3) is 0 Å². The number of benzene rings is 2. The van der Waals surface area contributed by atoms with E-state index in [0.717, 1.165) is 0 Å². The molecule has 0 aliphatic rings. The average molecular weight is 347 g/mol. The van der Waals surface area contributed by atoms with Crippen LogP contribution in [-0.4, -0.2) is 4.92 Å². The van der Waals surface area contributed by atoms with E-state index in [4.69, 9.17) is 39.5 Å². The monoisotopic (exact) mass is 345 g/mol. The summed E-state index contributed by atoms with van der Waals surface area (Å²) in [5.41, 5.74) is 0.947. The van der Waals surface area contributed by atoms with Crippen LogP contribution in [0.5, 0.6) is 5.75 Å². The van der Waals surface area contributed by atoms with Gasteiger partial charge in [0.25, 0.3) is 5.69 Å². The second-order valence-electron chi connectivity index (χ2n) is 4.17. The molecular formula is C14H10Cl3NO3. The Hall–Kier alpha value is -1.49. The fourth-order valence-corrected chi connectivity index (χ4v) is 2.43. The van der Waals surface area contributed by atoms with Gasteiger partial charge in [-0.15, -0.1) is 11.6 Å². The van der Waals surface area contributed by atoms with Crippen LogP contribution in [0.3, 0.4) is 0 Å². The van der Waals surface area contributed by atoms with Gasteiger partial charge in [-0.05, 0) is 24.3 Å². The highest BCUT2D eigenvalue weighted by atomic mass is 35.5. The summed E-state index contributed by atoms with van der Waals surface area (Å²) in [5.74, 6) is 0.740. The molecular weight excluding hydrogens is 337 g/mol. The van der Waals surface area contributed by atoms with Gasteiger partial charge in [0.1, 0.15) is 12.4 Å². The van der Waals surface area contributed by atoms with E-state index in [-0.39, 0.29) is 23.2 Å². The normalized spacial score (nSPS) is 10.4. The summed E-state index contributed by atoms with van der Waals surface area (Å²) < 4.78 is 5.61. The first-order chi connectivity index (χ1) is 10.0. The van der Waals surface area contributed by atoms with E-state index in [9.17, 15) is 10.1 Å². The van der Waals surface area contributed by atoms with Crippen LogP contribution >= 0.6 is 34.8 Å². The van der Waals surface area contributed by atoms with E-state index >= 15 is 0 Å². The van der Waals surface area contributed by atoms with Crippen LogP contribution in [-0.2, 0) is 12.5 Å². The molecule has 4 nitrogen and oxygen atoms in total. The first kappa shape index (κ1) is 15.9. The molecule has 0 amide bonds. The summed E-state index contributed by atoms with van der Waals surface area (Å²) in [6.45, 7) is -0.0263. The number of hydrogen-bond donors (Lipinski definition) is 0. The maximum Gasteiger partial charge on any atom is 0.277 e. The maximum absolute atomic E-state index is 11.0. The summed E-state index contributed by atoms with van der Waals surface area (Å²) in [5, 5.41) is 11.8. The average Bonchev–Trinajstić information content (AvgIpc) is 2.46. The van der Waals surface area contributed by atoms with Crippen molar-refractivity contribution in [3.8, 4) is 5.75 Å². The topological polar surface area (TPSA) is 52.4 Å². The van der Waals surface area contributed by atoms with Crippen LogP contribution in [0.15, 0.2) is 36.4 Å². The zero-order valence-electron chi connectivity index (χ0n) is 10.7. The zero-order valence-corrected chi connectivity index (χ0v) is 13.0. The van der Waals surface area contributed by atoms with Gasteiger partial charge in [-0.1, -0.05) is 29.3 Å². The number of nitrogens with zero attached hydrogens (tertiary/aromatic N) is 1. The lowest BCUT2D eigenvalue weighted by Crippen LogP contribution is -2.02. The third kappa shape index (κ3) is 3.79. The van der Waals surface area contributed by atoms with Gasteiger partial charge < -0.3 is 4.74 Å². The van der Waals surface area contributed by atoms with Crippen molar-refractivity contribution in [2.45, 2.75) is 12.5 Å². The lowest BCUT2D eigenvalue weighted by Gasteiger charge is -2.11. The van der Waals surface area contributed by atoms with Crippen molar-refractivity contribution >= 4 is 40.5 Å². The quantitative estimate of drug-likeness (QED) is 0.424. The van der Waals surface area contributed by atoms with Crippen molar-refractivity contribution in [3.63, 3.8) is 0 Å². The minimum Gasteiger partial charge on any atom is -0.488 e. The fraction of sp³-hybridized carbons (Fsp3) is 0.143. The van der Waals surface area contributed by atoms with Gasteiger partial charge in [0.15, 0.2) is 0 Å². The van der Waals surface area contributed by atoms with Crippen molar-refractivity contribution in [1.82, 2.24) is 0 Å². The lowest BCUT2D eigenvalue weighted by molar-refractivity contribution is -0.385. The van der Waals surface area contributed by atoms with E-state index in [2.05, 4.69) is 0 Å². The van der Waals surface area contributed by atoms with E-state index in [1.54, 1.807) is 24.3 Å². The van der Waals surface area contributed by atoms with Gasteiger partial charge in [0, 0.05) is 16.7 Å². The maximum atomic E-state index is 11.0. The molecule has 7 heteroatoms. The molecule has 0 heterocycles. The highest BCUT2D eigenvalue weighted by Gasteiger charge is 2.17. The minimum atomic E-state index is -0.491. The molecule has 0 N–H and O–H groups in total. The van der Waals surface area contributed by atoms with Gasteiger partial charge in [-0.25, -0.2) is 0 Å². The molecule has 0 saturated heterocycles. The first-order valence-corrected chi connectivity index (χ1v) is 7.21. The lowest BCUT2D eigenvalue weighted by atomic mass is 10.2. The molecule has 2 aromatic carbocycles. The molecule has 110 valence electrons. The molecule has 0 aliphatic heterocycles. The number of halogens is 3. The Balaban J connectivity index is 2.27. The van der Waals surface area contributed by atoms with Crippen molar-refractivity contribution < 1.29 is 9.66 Å². The Morgan fingerprint density at radius 3 is 2.62 bits per heavy atom. The van der Waals surface area contributed by atoms with Gasteiger partial charge in [0.05, 0.1) is 21.4 Å². The van der Waals surface area contributed by atoms with Crippen LogP contribution in [0.1, 0.15) is 11.1 Å². The standard InChI is InChI=1S/C14H10Cl3NO3/c15-7-9-6-10(16)4-5-14(9)21-8-11-12(17)2-1-3-13(11)18(19)20/h1-6H,7-8H2. The minimum absolute atomic E-state index is 0.0263. The molecule has 0 fully saturated rings. The van der Waals surface area contributed by atoms with Crippen molar-refractivity contribution in [3.05, 3.63) is 67.7 Å². The SMILES string of the molecule is O=[N+]([O-])c1cccc(Cl)c1COc1ccc(Cl)cc1CCl. The van der Waals surface area contributed by atoms with Crippen molar-refractivity contribution in [2.24, 2.45) is 0 Å². The molecule has 0 atom stereocenters. The number of nitro groups is 1. The number of hydrogen-bond acceptors (Lipinski definition) is 3. The highest BCUT2D eigenvalue weighted by Crippen LogP contribution is 2.30. The summed E-state index contributed by atoms with van der Waals surface area (Å²) >= 11 is 17.7. The second kappa shape index (κ2) is 6.98. The molecule has 0 aliphatic carbocycles. The number of nitro benzene ring substituents is 1. The number of ether oxygens (including phenoxy) is 1. The van der Waals surface area contributed by atoms with Gasteiger partial charge >= 0.3 is 0 Å². The molecule has 21 heavy (non-hydrogen) atoms. The van der Waals surface area contributed by atoms with Gasteiger partial charge in [-0.2, -0.15) is 0 Å². The molecule has 0 unspecified atom stereocenters. The third-order valence-electron chi connectivity index (χ3n) is 2.83. The Bertz CT molecular complexity index is 677. The van der Waals surface area contributed by atoms with E-state index in [0.29, 0.717) is 21.9 Å². The molecule has 2 aromatic rings. The zero-order chi connectivity index (χ0) is 15.4. The molecule has 0 aromatic heterocycles. The van der Waals surface area contributed by atoms with Crippen LogP contribution in [0.4, 0.5) is 5.69 Å². The second-order valence-corrected chi connectivity index (χ2v) is 5.28. The Labute approximate surface area is 136 Å². The molecule has 2 rings (SSSR count). The van der Waals surface area contributed by atoms with Crippen molar-refractivity contribution in [2.75, 3.05) is 0 Å². The Kier molecular flexibility index (Phi) is 5.28. The third-order valence-corrected chi connectivity index (χ3v) is 3.71. The Morgan fingerprint density at radius 2 is 1.95 bits per heavy atom. The largest absolute Gasteiger partial charge is 0.488 e. The van der Waals surface area contributed by atoms with Crippen molar-refractivity contribution in [1.29, 1.82) is 0 Å². The fourth-order valence-electron chi connectivity index (χ4n) is 1.80. The van der Waals surface area contributed by atoms with Crippen LogP contribution < -0.4 is 4.74 Å². The predicted octanol–water partition coefficient (Wildman–Crippen LogP) is 5.22. The summed E-state index contributed by atoms with van der Waals surface area (Å²) in [4.78, 5) is 10.5. The Morgan fingerprint density at radius 1 is 1.19 bits per heavy atom.